The molecule has 15 rings (SSSR count). The number of carbonyl (C=O) groups is 3. The smallest absolute Gasteiger partial charge is 0.262 e. The number of fused-ring (bicyclic) bond motifs is 3. The summed E-state index contributed by atoms with van der Waals surface area (Å²) in [7, 11) is 1.84. The summed E-state index contributed by atoms with van der Waals surface area (Å²) in [6.45, 7) is 12.1. The van der Waals surface area contributed by atoms with Crippen LogP contribution in [0.1, 0.15) is 120 Å². The number of anilines is 3. The fraction of sp³-hybridized carbons (Fsp3) is 0.400. The number of amides is 3. The first-order valence-electron chi connectivity index (χ1n) is 32.8. The Balaban J connectivity index is 0.582. The van der Waals surface area contributed by atoms with Gasteiger partial charge in [0.2, 0.25) is 35.3 Å². The Kier molecular flexibility index (Phi) is 16.4. The molecule has 3 fully saturated rings. The third-order valence-electron chi connectivity index (χ3n) is 18.1. The van der Waals surface area contributed by atoms with Crippen molar-refractivity contribution in [1.29, 1.82) is 0 Å². The highest BCUT2D eigenvalue weighted by Gasteiger charge is 2.41. The number of aryl methyl sites for hydroxylation is 3. The quantitative estimate of drug-likeness (QED) is 0.0491. The lowest BCUT2D eigenvalue weighted by Crippen LogP contribution is -2.31. The largest absolute Gasteiger partial charge is 0.477 e. The topological polar surface area (TPSA) is 295 Å². The summed E-state index contributed by atoms with van der Waals surface area (Å²) in [5, 5.41) is 25.9. The average Bonchev–Trinajstić information content (AvgIpc) is 1.61. The summed E-state index contributed by atoms with van der Waals surface area (Å²) in [5.74, 6) is 2.28. The van der Waals surface area contributed by atoms with Gasteiger partial charge in [-0.3, -0.25) is 28.4 Å². The molecule has 9 aromatic rings. The molecule has 494 valence electrons. The molecule has 6 aliphatic rings. The molecule has 4 N–H and O–H groups in total. The summed E-state index contributed by atoms with van der Waals surface area (Å²) in [6.07, 6.45) is 17.6. The summed E-state index contributed by atoms with van der Waals surface area (Å²) in [5.41, 5.74) is 5.77. The van der Waals surface area contributed by atoms with E-state index in [0.717, 1.165) is 59.2 Å². The molecule has 1 aliphatic carbocycles. The molecular formula is C70H74N16O10. The lowest BCUT2D eigenvalue weighted by molar-refractivity contribution is 0.0228. The fourth-order valence-electron chi connectivity index (χ4n) is 12.7. The molecule has 26 nitrogen and oxygen atoms in total. The van der Waals surface area contributed by atoms with Crippen LogP contribution in [-0.2, 0) is 44.1 Å². The van der Waals surface area contributed by atoms with Gasteiger partial charge in [0, 0.05) is 124 Å². The van der Waals surface area contributed by atoms with Crippen molar-refractivity contribution in [1.82, 2.24) is 64.6 Å². The second-order valence-corrected chi connectivity index (χ2v) is 26.8. The molecule has 1 saturated carbocycles. The first-order valence-corrected chi connectivity index (χ1v) is 32.8. The number of hydrogen-bond acceptors (Lipinski definition) is 20. The molecule has 0 bridgehead atoms. The third kappa shape index (κ3) is 13.8. The molecule has 5 aliphatic heterocycles. The van der Waals surface area contributed by atoms with Crippen molar-refractivity contribution < 1.29 is 47.5 Å². The minimum atomic E-state index is -0.697. The molecule has 26 heteroatoms. The van der Waals surface area contributed by atoms with E-state index >= 15 is 0 Å². The lowest BCUT2D eigenvalue weighted by Gasteiger charge is -2.24. The Labute approximate surface area is 553 Å². The minimum Gasteiger partial charge on any atom is -0.477 e. The summed E-state index contributed by atoms with van der Waals surface area (Å²) < 4.78 is 49.3. The summed E-state index contributed by atoms with van der Waals surface area (Å²) >= 11 is 0. The van der Waals surface area contributed by atoms with E-state index in [4.69, 9.17) is 58.2 Å². The average molecular weight is 1300 g/mol. The monoisotopic (exact) mass is 1300 g/mol. The number of ether oxygens (including phenoxy) is 7. The Morgan fingerprint density at radius 2 is 1.02 bits per heavy atom. The van der Waals surface area contributed by atoms with Crippen LogP contribution in [-0.4, -0.2) is 139 Å². The first kappa shape index (κ1) is 61.8. The van der Waals surface area contributed by atoms with Gasteiger partial charge in [0.25, 0.3) is 17.7 Å². The zero-order chi connectivity index (χ0) is 65.7. The van der Waals surface area contributed by atoms with E-state index in [-0.39, 0.29) is 47.2 Å². The highest BCUT2D eigenvalue weighted by atomic mass is 16.5. The maximum absolute atomic E-state index is 14.5. The number of hydrogen-bond donors (Lipinski definition) is 4. The predicted molar refractivity (Wildman–Crippen MR) is 352 cm³/mol. The van der Waals surface area contributed by atoms with Gasteiger partial charge < -0.3 is 54.4 Å². The molecule has 9 aromatic heterocycles. The van der Waals surface area contributed by atoms with E-state index in [1.54, 1.807) is 41.5 Å². The standard InChI is InChI=1S/C70H74N16O10/c1-68(2)30-42-27-51(67(82-62(42)94-68)93-49-17-22-71-36-49)60(88)79-57-13-7-10-54(76-57)47-35-74-86(39-47)24-21-70(4)32-44-29-52(66(83-64(44)96-70)92-48-18-25-90-26-19-48)61(89)80-58-14-8-11-55(77-58)46-34-73-85(38-46)23-20-69(3)31-43-28-50(65(81-63(43)95-69)91-40-41-15-16-41)59(87)78-56-12-6-9-53(75-56)45-33-72-84(5)37-45/h6-14,27-29,33-35,37-39,41,48-49,71H,15-26,30-32,36,40H2,1-5H3,(H,75,78,87)(H,76,79,88)(H,77,80,89). The molecule has 3 unspecified atom stereocenters. The van der Waals surface area contributed by atoms with Crippen LogP contribution in [0.2, 0.25) is 0 Å². The van der Waals surface area contributed by atoms with Crippen molar-refractivity contribution >= 4 is 35.2 Å². The second kappa shape index (κ2) is 25.4. The lowest BCUT2D eigenvalue weighted by atomic mass is 9.95. The number of nitrogens with one attached hydrogen (secondary N) is 4. The molecule has 0 spiro atoms. The van der Waals surface area contributed by atoms with Crippen molar-refractivity contribution in [3.63, 3.8) is 0 Å². The van der Waals surface area contributed by atoms with Gasteiger partial charge in [0.15, 0.2) is 0 Å². The van der Waals surface area contributed by atoms with Crippen LogP contribution in [0.5, 0.6) is 35.3 Å². The third-order valence-corrected chi connectivity index (χ3v) is 18.1. The number of nitrogens with zero attached hydrogens (tertiary/aromatic N) is 12. The van der Waals surface area contributed by atoms with Gasteiger partial charge in [-0.25, -0.2) is 15.0 Å². The summed E-state index contributed by atoms with van der Waals surface area (Å²) in [4.78, 5) is 71.2. The highest BCUT2D eigenvalue weighted by Crippen LogP contribution is 2.43. The van der Waals surface area contributed by atoms with Gasteiger partial charge in [0.1, 0.15) is 63.2 Å². The van der Waals surface area contributed by atoms with Gasteiger partial charge >= 0.3 is 0 Å². The van der Waals surface area contributed by atoms with Gasteiger partial charge in [-0.2, -0.15) is 30.2 Å². The summed E-state index contributed by atoms with van der Waals surface area (Å²) in [6, 6.07) is 21.8. The first-order chi connectivity index (χ1) is 46.4. The van der Waals surface area contributed by atoms with Gasteiger partial charge in [-0.15, -0.1) is 0 Å². The zero-order valence-corrected chi connectivity index (χ0v) is 54.1. The van der Waals surface area contributed by atoms with E-state index < -0.39 is 22.7 Å². The van der Waals surface area contributed by atoms with Gasteiger partial charge in [-0.1, -0.05) is 18.2 Å². The molecule has 3 amide bonds. The Morgan fingerprint density at radius 3 is 1.51 bits per heavy atom. The number of carbonyl (C=O) groups excluding carboxylic acids is 3. The van der Waals surface area contributed by atoms with Crippen LogP contribution in [0.4, 0.5) is 17.5 Å². The van der Waals surface area contributed by atoms with E-state index in [9.17, 15) is 14.4 Å². The normalized spacial score (nSPS) is 19.9. The van der Waals surface area contributed by atoms with Crippen molar-refractivity contribution in [2.75, 3.05) is 48.9 Å². The molecule has 2 saturated heterocycles. The molecule has 3 atom stereocenters. The van der Waals surface area contributed by atoms with Crippen LogP contribution in [0.15, 0.2) is 110 Å². The van der Waals surface area contributed by atoms with E-state index in [1.165, 1.54) is 0 Å². The van der Waals surface area contributed by atoms with E-state index in [2.05, 4.69) is 41.4 Å². The minimum absolute atomic E-state index is 0.115. The number of aromatic nitrogens is 12. The molecule has 14 heterocycles. The predicted octanol–water partition coefficient (Wildman–Crippen LogP) is 9.31. The maximum atomic E-state index is 14.5. The fourth-order valence-corrected chi connectivity index (χ4v) is 12.7. The molecular weight excluding hydrogens is 1220 g/mol. The highest BCUT2D eigenvalue weighted by molar-refractivity contribution is 6.07. The van der Waals surface area contributed by atoms with Crippen LogP contribution in [0.25, 0.3) is 33.8 Å². The van der Waals surface area contributed by atoms with Crippen molar-refractivity contribution in [2.24, 2.45) is 13.0 Å². The van der Waals surface area contributed by atoms with Gasteiger partial charge in [-0.05, 0) is 114 Å². The Bertz CT molecular complexity index is 4460. The SMILES string of the molecule is Cn1cc(-c2cccc(NC(=O)c3cc4c(nc3OCC3CC3)OC(C)(CCn3cc(-c5cccc(NC(=O)c6cc7c(nc6OC6CCOCC6)OC(C)(CCn6cc(-c8cccc(NC(=O)c9cc%10c(nc9OC9CCNC9)OC(C)(C)C%10)n8)cn6)C7)n5)cn3)C4)n2)cn1. The molecule has 0 radical (unpaired) electrons. The molecule has 0 aromatic carbocycles. The second-order valence-electron chi connectivity index (χ2n) is 26.8. The zero-order valence-electron chi connectivity index (χ0n) is 54.1. The van der Waals surface area contributed by atoms with Crippen molar-refractivity contribution in [2.45, 2.75) is 134 Å². The number of pyridine rings is 6. The number of rotatable bonds is 22. The Morgan fingerprint density at radius 1 is 0.552 bits per heavy atom. The maximum Gasteiger partial charge on any atom is 0.262 e. The van der Waals surface area contributed by atoms with Crippen LogP contribution in [0, 0.1) is 5.92 Å². The van der Waals surface area contributed by atoms with Crippen LogP contribution >= 0.6 is 0 Å². The van der Waals surface area contributed by atoms with E-state index in [1.807, 2.05) is 117 Å². The van der Waals surface area contributed by atoms with E-state index in [0.29, 0.717) is 154 Å². The van der Waals surface area contributed by atoms with Gasteiger partial charge in [0.05, 0.1) is 55.5 Å². The Hall–Kier alpha value is -10.3. The van der Waals surface area contributed by atoms with Crippen LogP contribution in [0.3, 0.4) is 0 Å². The molecule has 96 heavy (non-hydrogen) atoms. The van der Waals surface area contributed by atoms with Crippen molar-refractivity contribution in [3.8, 4) is 69.1 Å². The van der Waals surface area contributed by atoms with Crippen molar-refractivity contribution in [3.05, 3.63) is 143 Å². The van der Waals surface area contributed by atoms with Crippen LogP contribution < -0.4 is 49.7 Å².